The van der Waals surface area contributed by atoms with Crippen LogP contribution in [0.15, 0.2) is 0 Å². The summed E-state index contributed by atoms with van der Waals surface area (Å²) in [6.07, 6.45) is 6.67. The molecule has 1 spiro atoms. The van der Waals surface area contributed by atoms with Gasteiger partial charge in [0.2, 0.25) is 0 Å². The van der Waals surface area contributed by atoms with E-state index in [4.69, 9.17) is 4.74 Å². The van der Waals surface area contributed by atoms with E-state index in [1.807, 2.05) is 6.92 Å². The van der Waals surface area contributed by atoms with Crippen molar-refractivity contribution in [3.8, 4) is 0 Å². The number of hydrogen-bond acceptors (Lipinski definition) is 2. The van der Waals surface area contributed by atoms with Crippen LogP contribution in [0.25, 0.3) is 0 Å². The predicted molar refractivity (Wildman–Crippen MR) is 53.0 cm³/mol. The van der Waals surface area contributed by atoms with Gasteiger partial charge in [-0.1, -0.05) is 19.8 Å². The molecule has 2 saturated carbocycles. The predicted octanol–water partition coefficient (Wildman–Crippen LogP) is 2.46. The van der Waals surface area contributed by atoms with E-state index in [0.29, 0.717) is 5.78 Å². The molecular formula is C12H18O2. The topological polar surface area (TPSA) is 29.6 Å². The third kappa shape index (κ3) is 0.723. The second-order valence-electron chi connectivity index (χ2n) is 5.65. The van der Waals surface area contributed by atoms with Gasteiger partial charge in [-0.2, -0.15) is 0 Å². The summed E-state index contributed by atoms with van der Waals surface area (Å²) in [5.74, 6) is 0.344. The first kappa shape index (κ1) is 8.90. The van der Waals surface area contributed by atoms with Crippen LogP contribution in [0.3, 0.4) is 0 Å². The van der Waals surface area contributed by atoms with Gasteiger partial charge in [0.1, 0.15) is 5.60 Å². The molecule has 0 N–H and O–H groups in total. The molecular weight excluding hydrogens is 176 g/mol. The maximum atomic E-state index is 11.8. The maximum Gasteiger partial charge on any atom is 0.167 e. The van der Waals surface area contributed by atoms with Crippen molar-refractivity contribution in [1.82, 2.24) is 0 Å². The number of hydrogen-bond donors (Lipinski definition) is 0. The van der Waals surface area contributed by atoms with Crippen LogP contribution in [-0.4, -0.2) is 17.0 Å². The molecule has 1 heterocycles. The number of rotatable bonds is 0. The van der Waals surface area contributed by atoms with E-state index in [0.717, 1.165) is 19.3 Å². The molecule has 3 fully saturated rings. The second-order valence-corrected chi connectivity index (χ2v) is 5.65. The normalized spacial score (nSPS) is 56.3. The van der Waals surface area contributed by atoms with Crippen LogP contribution in [-0.2, 0) is 9.53 Å². The van der Waals surface area contributed by atoms with Crippen molar-refractivity contribution in [3.63, 3.8) is 0 Å². The lowest BCUT2D eigenvalue weighted by atomic mass is 9.56. The highest BCUT2D eigenvalue weighted by Crippen LogP contribution is 2.69. The molecule has 0 aromatic rings. The van der Waals surface area contributed by atoms with Gasteiger partial charge < -0.3 is 4.74 Å². The fourth-order valence-electron chi connectivity index (χ4n) is 3.94. The fourth-order valence-corrected chi connectivity index (χ4v) is 3.94. The number of ketones is 1. The lowest BCUT2D eigenvalue weighted by molar-refractivity contribution is -0.126. The summed E-state index contributed by atoms with van der Waals surface area (Å²) >= 11 is 0. The van der Waals surface area contributed by atoms with Gasteiger partial charge in [0.05, 0.1) is 0 Å². The van der Waals surface area contributed by atoms with Gasteiger partial charge in [0.15, 0.2) is 11.4 Å². The Hall–Kier alpha value is -0.370. The van der Waals surface area contributed by atoms with Crippen molar-refractivity contribution in [2.24, 2.45) is 5.41 Å². The zero-order valence-electron chi connectivity index (χ0n) is 9.06. The van der Waals surface area contributed by atoms with Crippen molar-refractivity contribution in [1.29, 1.82) is 0 Å². The summed E-state index contributed by atoms with van der Waals surface area (Å²) < 4.78 is 5.92. The minimum atomic E-state index is -0.402. The van der Waals surface area contributed by atoms with Crippen LogP contribution in [0.5, 0.6) is 0 Å². The summed E-state index contributed by atoms with van der Waals surface area (Å²) in [6, 6.07) is 0. The number of carbonyl (C=O) groups is 1. The van der Waals surface area contributed by atoms with E-state index in [1.54, 1.807) is 0 Å². The molecule has 0 aromatic heterocycles. The van der Waals surface area contributed by atoms with Crippen LogP contribution in [0.1, 0.15) is 52.4 Å². The molecule has 3 atom stereocenters. The second kappa shape index (κ2) is 2.24. The van der Waals surface area contributed by atoms with Crippen LogP contribution < -0.4 is 0 Å². The maximum absolute atomic E-state index is 11.8. The summed E-state index contributed by atoms with van der Waals surface area (Å²) in [5, 5.41) is 0. The Morgan fingerprint density at radius 3 is 2.64 bits per heavy atom. The summed E-state index contributed by atoms with van der Waals surface area (Å²) in [6.45, 7) is 4.34. The average molecular weight is 194 g/mol. The molecule has 0 amide bonds. The van der Waals surface area contributed by atoms with Crippen molar-refractivity contribution in [2.75, 3.05) is 0 Å². The summed E-state index contributed by atoms with van der Waals surface area (Å²) in [4.78, 5) is 11.8. The zero-order chi connectivity index (χ0) is 10.0. The molecule has 3 rings (SSSR count). The van der Waals surface area contributed by atoms with E-state index >= 15 is 0 Å². The Kier molecular flexibility index (Phi) is 1.42. The quantitative estimate of drug-likeness (QED) is 0.554. The Bertz CT molecular complexity index is 311. The van der Waals surface area contributed by atoms with Gasteiger partial charge in [-0.3, -0.25) is 4.79 Å². The van der Waals surface area contributed by atoms with E-state index in [1.165, 1.54) is 19.3 Å². The van der Waals surface area contributed by atoms with E-state index in [9.17, 15) is 4.79 Å². The number of Topliss-reactive ketones (excluding diaryl/α,β-unsaturated/α-hetero) is 1. The average Bonchev–Trinajstić information content (AvgIpc) is 2.77. The molecule has 2 aliphatic carbocycles. The van der Waals surface area contributed by atoms with Crippen molar-refractivity contribution < 1.29 is 9.53 Å². The van der Waals surface area contributed by atoms with Crippen molar-refractivity contribution >= 4 is 5.78 Å². The molecule has 1 saturated heterocycles. The van der Waals surface area contributed by atoms with Crippen LogP contribution >= 0.6 is 0 Å². The lowest BCUT2D eigenvalue weighted by Gasteiger charge is -2.44. The summed E-state index contributed by atoms with van der Waals surface area (Å²) in [7, 11) is 0. The molecule has 78 valence electrons. The number of epoxide rings is 1. The standard InChI is InChI=1S/C12H18O2/c1-10-6-3-4-7-12(10)11(2,14-12)9(13)5-8-10/h3-8H2,1-2H3/t10?,11-,12+/m1/s1. The van der Waals surface area contributed by atoms with Gasteiger partial charge in [-0.05, 0) is 26.2 Å². The highest BCUT2D eigenvalue weighted by atomic mass is 16.6. The lowest BCUT2D eigenvalue weighted by Crippen LogP contribution is -2.50. The first-order valence-corrected chi connectivity index (χ1v) is 5.78. The van der Waals surface area contributed by atoms with Crippen LogP contribution in [0.2, 0.25) is 0 Å². The molecule has 2 heteroatoms. The first-order valence-electron chi connectivity index (χ1n) is 5.78. The smallest absolute Gasteiger partial charge is 0.167 e. The third-order valence-electron chi connectivity index (χ3n) is 5.03. The Morgan fingerprint density at radius 2 is 1.86 bits per heavy atom. The van der Waals surface area contributed by atoms with E-state index in [2.05, 4.69) is 6.92 Å². The van der Waals surface area contributed by atoms with Crippen molar-refractivity contribution in [3.05, 3.63) is 0 Å². The summed E-state index contributed by atoms with van der Waals surface area (Å²) in [5.41, 5.74) is -0.179. The first-order chi connectivity index (χ1) is 6.54. The molecule has 0 radical (unpaired) electrons. The SMILES string of the molecule is CC12CCCC[C@]13O[C@]3(C)C(=O)CC2. The van der Waals surface area contributed by atoms with Crippen molar-refractivity contribution in [2.45, 2.75) is 63.6 Å². The molecule has 1 unspecified atom stereocenters. The molecule has 14 heavy (non-hydrogen) atoms. The van der Waals surface area contributed by atoms with E-state index < -0.39 is 5.60 Å². The zero-order valence-corrected chi connectivity index (χ0v) is 9.06. The van der Waals surface area contributed by atoms with Gasteiger partial charge in [-0.25, -0.2) is 0 Å². The van der Waals surface area contributed by atoms with Gasteiger partial charge >= 0.3 is 0 Å². The Morgan fingerprint density at radius 1 is 1.14 bits per heavy atom. The number of ether oxygens (including phenoxy) is 1. The highest BCUT2D eigenvalue weighted by Gasteiger charge is 2.79. The molecule has 0 bridgehead atoms. The van der Waals surface area contributed by atoms with Crippen LogP contribution in [0, 0.1) is 5.41 Å². The molecule has 1 aliphatic heterocycles. The largest absolute Gasteiger partial charge is 0.354 e. The molecule has 3 aliphatic rings. The van der Waals surface area contributed by atoms with Crippen LogP contribution in [0.4, 0.5) is 0 Å². The third-order valence-corrected chi connectivity index (χ3v) is 5.03. The fraction of sp³-hybridized carbons (Fsp3) is 0.917. The molecule has 0 aromatic carbocycles. The van der Waals surface area contributed by atoms with Gasteiger partial charge in [0.25, 0.3) is 0 Å². The Balaban J connectivity index is 2.03. The highest BCUT2D eigenvalue weighted by molar-refractivity contribution is 5.93. The molecule has 2 nitrogen and oxygen atoms in total. The van der Waals surface area contributed by atoms with Gasteiger partial charge in [-0.15, -0.1) is 0 Å². The van der Waals surface area contributed by atoms with E-state index in [-0.39, 0.29) is 11.0 Å². The monoisotopic (exact) mass is 194 g/mol. The van der Waals surface area contributed by atoms with Gasteiger partial charge in [0, 0.05) is 11.8 Å². The minimum absolute atomic E-state index is 0.0619. The minimum Gasteiger partial charge on any atom is -0.354 e. The number of carbonyl (C=O) groups excluding carboxylic acids is 1. The Labute approximate surface area is 85.0 Å².